The fourth-order valence-corrected chi connectivity index (χ4v) is 1.67. The van der Waals surface area contributed by atoms with Gasteiger partial charge in [-0.05, 0) is 36.8 Å². The maximum Gasteiger partial charge on any atom is 0.0930 e. The first-order valence-corrected chi connectivity index (χ1v) is 5.34. The summed E-state index contributed by atoms with van der Waals surface area (Å²) in [5, 5.41) is 9.69. The molecule has 15 heavy (non-hydrogen) atoms. The molecule has 0 unspecified atom stereocenters. The number of hydrogen-bond donors (Lipinski definition) is 2. The summed E-state index contributed by atoms with van der Waals surface area (Å²) in [6, 6.07) is 8.17. The molecule has 0 spiro atoms. The van der Waals surface area contributed by atoms with Crippen molar-refractivity contribution in [2.24, 2.45) is 5.90 Å². The van der Waals surface area contributed by atoms with E-state index in [1.165, 1.54) is 5.56 Å². The summed E-state index contributed by atoms with van der Waals surface area (Å²) >= 11 is 0. The summed E-state index contributed by atoms with van der Waals surface area (Å²) in [6.07, 6.45) is 3.75. The maximum absolute atomic E-state index is 9.69. The van der Waals surface area contributed by atoms with Crippen LogP contribution in [0.5, 0.6) is 0 Å². The zero-order chi connectivity index (χ0) is 10.7. The van der Waals surface area contributed by atoms with Crippen LogP contribution in [-0.4, -0.2) is 10.7 Å². The van der Waals surface area contributed by atoms with Gasteiger partial charge in [-0.15, -0.1) is 0 Å². The van der Waals surface area contributed by atoms with Gasteiger partial charge in [0.05, 0.1) is 12.2 Å². The largest absolute Gasteiger partial charge is 0.390 e. The molecule has 0 atom stereocenters. The van der Waals surface area contributed by atoms with Crippen molar-refractivity contribution >= 4 is 0 Å². The summed E-state index contributed by atoms with van der Waals surface area (Å²) in [7, 11) is 0. The van der Waals surface area contributed by atoms with Gasteiger partial charge in [-0.2, -0.15) is 0 Å². The number of aryl methyl sites for hydroxylation is 1. The van der Waals surface area contributed by atoms with Crippen LogP contribution < -0.4 is 5.90 Å². The Kier molecular flexibility index (Phi) is 3.05. The van der Waals surface area contributed by atoms with E-state index >= 15 is 0 Å². The standard InChI is InChI=1S/C12H17NO2/c13-15-9-11-3-1-10(2-4-11)5-6-12(14)7-8-12/h1-4,14H,5-9,13H2. The first-order chi connectivity index (χ1) is 7.22. The number of benzene rings is 1. The van der Waals surface area contributed by atoms with Gasteiger partial charge in [-0.1, -0.05) is 24.3 Å². The van der Waals surface area contributed by atoms with Crippen molar-refractivity contribution in [3.05, 3.63) is 35.4 Å². The average Bonchev–Trinajstić information content (AvgIpc) is 2.97. The van der Waals surface area contributed by atoms with Gasteiger partial charge < -0.3 is 5.11 Å². The highest BCUT2D eigenvalue weighted by Crippen LogP contribution is 2.39. The molecule has 1 aliphatic rings. The van der Waals surface area contributed by atoms with Gasteiger partial charge in [0.1, 0.15) is 0 Å². The van der Waals surface area contributed by atoms with Gasteiger partial charge in [-0.3, -0.25) is 4.84 Å². The van der Waals surface area contributed by atoms with Crippen LogP contribution in [0.2, 0.25) is 0 Å². The molecular weight excluding hydrogens is 190 g/mol. The smallest absolute Gasteiger partial charge is 0.0930 e. The van der Waals surface area contributed by atoms with Crippen molar-refractivity contribution in [2.75, 3.05) is 0 Å². The number of nitrogens with two attached hydrogens (primary N) is 1. The molecule has 1 fully saturated rings. The molecular formula is C12H17NO2. The molecule has 1 saturated carbocycles. The van der Waals surface area contributed by atoms with Gasteiger partial charge in [-0.25, -0.2) is 5.90 Å². The average molecular weight is 207 g/mol. The highest BCUT2D eigenvalue weighted by molar-refractivity contribution is 5.22. The summed E-state index contributed by atoms with van der Waals surface area (Å²) in [5.41, 5.74) is 1.99. The molecule has 3 N–H and O–H groups in total. The monoisotopic (exact) mass is 207 g/mol. The number of aliphatic hydroxyl groups is 1. The van der Waals surface area contributed by atoms with Crippen molar-refractivity contribution in [3.8, 4) is 0 Å². The summed E-state index contributed by atoms with van der Waals surface area (Å²) in [5.74, 6) is 4.99. The Morgan fingerprint density at radius 3 is 2.33 bits per heavy atom. The Balaban J connectivity index is 1.86. The Morgan fingerprint density at radius 1 is 1.20 bits per heavy atom. The van der Waals surface area contributed by atoms with E-state index < -0.39 is 0 Å². The third kappa shape index (κ3) is 3.02. The summed E-state index contributed by atoms with van der Waals surface area (Å²) in [4.78, 5) is 4.55. The normalized spacial score (nSPS) is 17.7. The van der Waals surface area contributed by atoms with Crippen molar-refractivity contribution in [1.82, 2.24) is 0 Å². The second-order valence-corrected chi connectivity index (χ2v) is 4.35. The van der Waals surface area contributed by atoms with Gasteiger partial charge in [0, 0.05) is 0 Å². The molecule has 0 aromatic heterocycles. The second kappa shape index (κ2) is 4.31. The van der Waals surface area contributed by atoms with Crippen molar-refractivity contribution in [1.29, 1.82) is 0 Å². The predicted octanol–water partition coefficient (Wildman–Crippen LogP) is 1.53. The second-order valence-electron chi connectivity index (χ2n) is 4.35. The van der Waals surface area contributed by atoms with E-state index in [0.29, 0.717) is 6.61 Å². The van der Waals surface area contributed by atoms with Crippen LogP contribution in [0, 0.1) is 0 Å². The third-order valence-electron chi connectivity index (χ3n) is 2.98. The molecule has 1 aromatic carbocycles. The van der Waals surface area contributed by atoms with Crippen LogP contribution in [-0.2, 0) is 17.9 Å². The van der Waals surface area contributed by atoms with E-state index in [1.807, 2.05) is 12.1 Å². The minimum atomic E-state index is -0.348. The van der Waals surface area contributed by atoms with Crippen LogP contribution in [0.3, 0.4) is 0 Å². The zero-order valence-corrected chi connectivity index (χ0v) is 8.78. The highest BCUT2D eigenvalue weighted by atomic mass is 16.6. The topological polar surface area (TPSA) is 55.5 Å². The SMILES string of the molecule is NOCc1ccc(CCC2(O)CC2)cc1. The molecule has 0 heterocycles. The molecule has 0 bridgehead atoms. The van der Waals surface area contributed by atoms with Crippen LogP contribution in [0.4, 0.5) is 0 Å². The molecule has 1 aliphatic carbocycles. The lowest BCUT2D eigenvalue weighted by molar-refractivity contribution is 0.124. The summed E-state index contributed by atoms with van der Waals surface area (Å²) in [6.45, 7) is 0.449. The van der Waals surface area contributed by atoms with Crippen molar-refractivity contribution in [3.63, 3.8) is 0 Å². The van der Waals surface area contributed by atoms with Gasteiger partial charge in [0.2, 0.25) is 0 Å². The molecule has 0 radical (unpaired) electrons. The fraction of sp³-hybridized carbons (Fsp3) is 0.500. The fourth-order valence-electron chi connectivity index (χ4n) is 1.67. The van der Waals surface area contributed by atoms with Crippen LogP contribution in [0.1, 0.15) is 30.4 Å². The first-order valence-electron chi connectivity index (χ1n) is 5.34. The first kappa shape index (κ1) is 10.6. The van der Waals surface area contributed by atoms with Crippen LogP contribution in [0.15, 0.2) is 24.3 Å². The third-order valence-corrected chi connectivity index (χ3v) is 2.98. The number of rotatable bonds is 5. The van der Waals surface area contributed by atoms with Gasteiger partial charge >= 0.3 is 0 Å². The molecule has 0 saturated heterocycles. The molecule has 82 valence electrons. The Bertz CT molecular complexity index is 317. The van der Waals surface area contributed by atoms with E-state index in [4.69, 9.17) is 5.90 Å². The van der Waals surface area contributed by atoms with Crippen molar-refractivity contribution in [2.45, 2.75) is 37.9 Å². The molecule has 3 nitrogen and oxygen atoms in total. The molecule has 2 rings (SSSR count). The van der Waals surface area contributed by atoms with E-state index in [9.17, 15) is 5.11 Å². The van der Waals surface area contributed by atoms with E-state index in [0.717, 1.165) is 31.2 Å². The summed E-state index contributed by atoms with van der Waals surface area (Å²) < 4.78 is 0. The van der Waals surface area contributed by atoms with Crippen LogP contribution >= 0.6 is 0 Å². The van der Waals surface area contributed by atoms with Crippen molar-refractivity contribution < 1.29 is 9.94 Å². The predicted molar refractivity (Wildman–Crippen MR) is 57.9 cm³/mol. The Labute approximate surface area is 89.8 Å². The minimum Gasteiger partial charge on any atom is -0.390 e. The molecule has 0 aliphatic heterocycles. The number of hydrogen-bond acceptors (Lipinski definition) is 3. The lowest BCUT2D eigenvalue weighted by Gasteiger charge is -2.07. The van der Waals surface area contributed by atoms with Crippen LogP contribution in [0.25, 0.3) is 0 Å². The highest BCUT2D eigenvalue weighted by Gasteiger charge is 2.39. The Morgan fingerprint density at radius 2 is 1.80 bits per heavy atom. The van der Waals surface area contributed by atoms with Gasteiger partial charge in [0.25, 0.3) is 0 Å². The van der Waals surface area contributed by atoms with Gasteiger partial charge in [0.15, 0.2) is 0 Å². The van der Waals surface area contributed by atoms with E-state index in [1.54, 1.807) is 0 Å². The quantitative estimate of drug-likeness (QED) is 0.720. The zero-order valence-electron chi connectivity index (χ0n) is 8.78. The molecule has 0 amide bonds. The van der Waals surface area contributed by atoms with E-state index in [-0.39, 0.29) is 5.60 Å². The molecule has 3 heteroatoms. The maximum atomic E-state index is 9.69. The Hall–Kier alpha value is -0.900. The van der Waals surface area contributed by atoms with E-state index in [2.05, 4.69) is 17.0 Å². The molecule has 1 aromatic rings. The lowest BCUT2D eigenvalue weighted by Crippen LogP contribution is -2.07. The lowest BCUT2D eigenvalue weighted by atomic mass is 10.0. The minimum absolute atomic E-state index is 0.348.